The van der Waals surface area contributed by atoms with Gasteiger partial charge in [0.1, 0.15) is 11.5 Å². The average molecular weight is 360 g/mol. The summed E-state index contributed by atoms with van der Waals surface area (Å²) in [5, 5.41) is 9.75. The molecule has 0 aromatic carbocycles. The molecule has 140 valence electrons. The van der Waals surface area contributed by atoms with Crippen LogP contribution in [0.4, 0.5) is 17.7 Å². The largest absolute Gasteiger partial charge is 0.461 e. The van der Waals surface area contributed by atoms with Crippen LogP contribution in [-0.2, 0) is 11.2 Å². The van der Waals surface area contributed by atoms with Gasteiger partial charge < -0.3 is 19.9 Å². The predicted molar refractivity (Wildman–Crippen MR) is 96.7 cm³/mol. The summed E-state index contributed by atoms with van der Waals surface area (Å²) in [4.78, 5) is 29.6. The van der Waals surface area contributed by atoms with Crippen LogP contribution in [0.1, 0.15) is 30.2 Å². The lowest BCUT2D eigenvalue weighted by Crippen LogP contribution is -2.45. The molecule has 0 spiro atoms. The van der Waals surface area contributed by atoms with Gasteiger partial charge in [-0.3, -0.25) is 5.10 Å². The molecular formula is C16H24N8O2. The van der Waals surface area contributed by atoms with Gasteiger partial charge in [-0.15, -0.1) is 0 Å². The first-order chi connectivity index (χ1) is 12.6. The number of carbonyl (C=O) groups is 1. The number of nitrogens with one attached hydrogen (secondary N) is 2. The third kappa shape index (κ3) is 4.26. The molecule has 0 aliphatic carbocycles. The number of aryl methyl sites for hydroxylation is 1. The van der Waals surface area contributed by atoms with Crippen LogP contribution in [0.2, 0.25) is 0 Å². The molecule has 1 fully saturated rings. The van der Waals surface area contributed by atoms with Gasteiger partial charge in [-0.05, 0) is 14.0 Å². The molecule has 3 heterocycles. The van der Waals surface area contributed by atoms with Crippen LogP contribution in [0.5, 0.6) is 0 Å². The monoisotopic (exact) mass is 360 g/mol. The van der Waals surface area contributed by atoms with Gasteiger partial charge >= 0.3 is 5.97 Å². The van der Waals surface area contributed by atoms with E-state index in [0.29, 0.717) is 36.6 Å². The van der Waals surface area contributed by atoms with Crippen molar-refractivity contribution in [2.75, 3.05) is 50.1 Å². The Labute approximate surface area is 152 Å². The number of aromatic amines is 1. The van der Waals surface area contributed by atoms with Gasteiger partial charge in [0.2, 0.25) is 11.9 Å². The Kier molecular flexibility index (Phi) is 5.61. The molecular weight excluding hydrogens is 336 g/mol. The Morgan fingerprint density at radius 3 is 2.69 bits per heavy atom. The molecule has 2 N–H and O–H groups in total. The molecule has 10 nitrogen and oxygen atoms in total. The first-order valence-corrected chi connectivity index (χ1v) is 8.77. The minimum absolute atomic E-state index is 0.276. The van der Waals surface area contributed by atoms with Crippen molar-refractivity contribution < 1.29 is 9.53 Å². The highest BCUT2D eigenvalue weighted by atomic mass is 16.5. The van der Waals surface area contributed by atoms with Gasteiger partial charge in [-0.25, -0.2) is 4.79 Å². The van der Waals surface area contributed by atoms with Crippen molar-refractivity contribution in [1.29, 1.82) is 0 Å². The molecule has 0 atom stereocenters. The van der Waals surface area contributed by atoms with E-state index in [9.17, 15) is 4.79 Å². The van der Waals surface area contributed by atoms with Crippen LogP contribution in [0.15, 0.2) is 6.07 Å². The Balaban J connectivity index is 1.77. The molecule has 2 aromatic heterocycles. The fourth-order valence-electron chi connectivity index (χ4n) is 2.58. The maximum Gasteiger partial charge on any atom is 0.356 e. The highest BCUT2D eigenvalue weighted by Gasteiger charge is 2.19. The van der Waals surface area contributed by atoms with E-state index >= 15 is 0 Å². The summed E-state index contributed by atoms with van der Waals surface area (Å²) in [5.41, 5.74) is 0.276. The van der Waals surface area contributed by atoms with Crippen LogP contribution >= 0.6 is 0 Å². The lowest BCUT2D eigenvalue weighted by molar-refractivity contribution is 0.0519. The molecule has 0 radical (unpaired) electrons. The SMILES string of the molecule is CCOC(=O)c1cc(Nc2nc(CC)nc(N3CCN(C)CC3)n2)n[nH]1. The Hall–Kier alpha value is -2.75. The summed E-state index contributed by atoms with van der Waals surface area (Å²) in [6.07, 6.45) is 0.701. The Morgan fingerprint density at radius 2 is 2.00 bits per heavy atom. The quantitative estimate of drug-likeness (QED) is 0.723. The second-order valence-electron chi connectivity index (χ2n) is 6.03. The lowest BCUT2D eigenvalue weighted by atomic mass is 10.3. The average Bonchev–Trinajstić information content (AvgIpc) is 3.11. The first-order valence-electron chi connectivity index (χ1n) is 8.77. The van der Waals surface area contributed by atoms with Crippen molar-refractivity contribution in [2.24, 2.45) is 0 Å². The molecule has 1 saturated heterocycles. The second kappa shape index (κ2) is 8.09. The van der Waals surface area contributed by atoms with Gasteiger partial charge in [0, 0.05) is 38.7 Å². The van der Waals surface area contributed by atoms with E-state index < -0.39 is 5.97 Å². The van der Waals surface area contributed by atoms with Crippen molar-refractivity contribution in [2.45, 2.75) is 20.3 Å². The molecule has 0 saturated carbocycles. The number of piperazine rings is 1. The van der Waals surface area contributed by atoms with Crippen molar-refractivity contribution >= 4 is 23.7 Å². The lowest BCUT2D eigenvalue weighted by Gasteiger charge is -2.32. The number of nitrogens with zero attached hydrogens (tertiary/aromatic N) is 6. The van der Waals surface area contributed by atoms with Crippen LogP contribution in [0.25, 0.3) is 0 Å². The zero-order valence-electron chi connectivity index (χ0n) is 15.3. The van der Waals surface area contributed by atoms with Crippen LogP contribution in [0, 0.1) is 0 Å². The minimum Gasteiger partial charge on any atom is -0.461 e. The smallest absolute Gasteiger partial charge is 0.356 e. The van der Waals surface area contributed by atoms with Crippen LogP contribution in [0.3, 0.4) is 0 Å². The number of carbonyl (C=O) groups excluding carboxylic acids is 1. The van der Waals surface area contributed by atoms with Crippen molar-refractivity contribution in [3.63, 3.8) is 0 Å². The van der Waals surface area contributed by atoms with E-state index in [1.807, 2.05) is 6.92 Å². The number of likely N-dealkylation sites (N-methyl/N-ethyl adjacent to an activating group) is 1. The molecule has 10 heteroatoms. The topological polar surface area (TPSA) is 112 Å². The van der Waals surface area contributed by atoms with E-state index in [-0.39, 0.29) is 5.69 Å². The summed E-state index contributed by atoms with van der Waals surface area (Å²) in [5.74, 6) is 1.78. The predicted octanol–water partition coefficient (Wildman–Crippen LogP) is 0.829. The zero-order valence-corrected chi connectivity index (χ0v) is 15.3. The number of esters is 1. The highest BCUT2D eigenvalue weighted by Crippen LogP contribution is 2.17. The maximum absolute atomic E-state index is 11.7. The van der Waals surface area contributed by atoms with Crippen molar-refractivity contribution in [3.8, 4) is 0 Å². The zero-order chi connectivity index (χ0) is 18.5. The number of rotatable bonds is 6. The van der Waals surface area contributed by atoms with Crippen molar-refractivity contribution in [3.05, 3.63) is 17.6 Å². The van der Waals surface area contributed by atoms with Crippen molar-refractivity contribution in [1.82, 2.24) is 30.0 Å². The summed E-state index contributed by atoms with van der Waals surface area (Å²) in [6, 6.07) is 1.57. The fraction of sp³-hybridized carbons (Fsp3) is 0.562. The fourth-order valence-corrected chi connectivity index (χ4v) is 2.58. The Morgan fingerprint density at radius 1 is 1.23 bits per heavy atom. The third-order valence-corrected chi connectivity index (χ3v) is 4.09. The normalized spacial score (nSPS) is 15.1. The molecule has 3 rings (SSSR count). The van der Waals surface area contributed by atoms with Crippen LogP contribution in [-0.4, -0.2) is 75.9 Å². The number of aromatic nitrogens is 5. The number of ether oxygens (including phenoxy) is 1. The Bertz CT molecular complexity index is 754. The van der Waals surface area contributed by atoms with Gasteiger partial charge in [-0.1, -0.05) is 6.92 Å². The summed E-state index contributed by atoms with van der Waals surface area (Å²) in [6.45, 7) is 7.75. The molecule has 26 heavy (non-hydrogen) atoms. The van der Waals surface area contributed by atoms with E-state index in [1.54, 1.807) is 13.0 Å². The molecule has 0 bridgehead atoms. The van der Waals surface area contributed by atoms with Gasteiger partial charge in [0.25, 0.3) is 0 Å². The van der Waals surface area contributed by atoms with Gasteiger partial charge in [-0.2, -0.15) is 20.1 Å². The van der Waals surface area contributed by atoms with Gasteiger partial charge in [0.15, 0.2) is 5.82 Å². The summed E-state index contributed by atoms with van der Waals surface area (Å²) < 4.78 is 4.95. The van der Waals surface area contributed by atoms with E-state index in [1.165, 1.54) is 0 Å². The molecule has 0 unspecified atom stereocenters. The molecule has 0 amide bonds. The number of hydrogen-bond acceptors (Lipinski definition) is 9. The number of H-pyrrole nitrogens is 1. The molecule has 1 aliphatic rings. The maximum atomic E-state index is 11.7. The van der Waals surface area contributed by atoms with E-state index in [4.69, 9.17) is 4.74 Å². The minimum atomic E-state index is -0.448. The molecule has 1 aliphatic heterocycles. The number of hydrogen-bond donors (Lipinski definition) is 2. The van der Waals surface area contributed by atoms with Gasteiger partial charge in [0.05, 0.1) is 6.61 Å². The standard InChI is InChI=1S/C16H24N8O2/c1-4-12-17-15(18-13-10-11(21-22-13)14(25)26-5-2)20-16(19-12)24-8-6-23(3)7-9-24/h10H,4-9H2,1-3H3,(H2,17,18,19,20,21,22). The highest BCUT2D eigenvalue weighted by molar-refractivity contribution is 5.88. The van der Waals surface area contributed by atoms with Crippen LogP contribution < -0.4 is 10.2 Å². The first kappa shape index (κ1) is 18.1. The summed E-state index contributed by atoms with van der Waals surface area (Å²) >= 11 is 0. The molecule has 2 aromatic rings. The number of anilines is 3. The summed E-state index contributed by atoms with van der Waals surface area (Å²) in [7, 11) is 2.11. The third-order valence-electron chi connectivity index (χ3n) is 4.09. The second-order valence-corrected chi connectivity index (χ2v) is 6.03. The van der Waals surface area contributed by atoms with E-state index in [2.05, 4.69) is 47.3 Å². The van der Waals surface area contributed by atoms with E-state index in [0.717, 1.165) is 26.2 Å².